The van der Waals surface area contributed by atoms with Gasteiger partial charge in [-0.15, -0.1) is 0 Å². The minimum Gasteiger partial charge on any atom is -0.399 e. The lowest BCUT2D eigenvalue weighted by Crippen LogP contribution is -2.19. The Balaban J connectivity index is 1.86. The Labute approximate surface area is 107 Å². The molecule has 0 fully saturated rings. The molecule has 1 aromatic heterocycles. The molecular formula is C15H17N3. The van der Waals surface area contributed by atoms with Crippen LogP contribution >= 0.6 is 0 Å². The van der Waals surface area contributed by atoms with Crippen LogP contribution in [-0.2, 0) is 13.0 Å². The Kier molecular flexibility index (Phi) is 2.67. The Morgan fingerprint density at radius 1 is 1.28 bits per heavy atom. The number of aromatic nitrogens is 1. The minimum atomic E-state index is 0.836. The molecule has 0 saturated heterocycles. The molecule has 2 heterocycles. The number of nitrogen functional groups attached to an aromatic ring is 1. The number of hydrogen-bond donors (Lipinski definition) is 1. The molecule has 0 radical (unpaired) electrons. The van der Waals surface area contributed by atoms with Crippen molar-refractivity contribution in [2.24, 2.45) is 0 Å². The second-order valence-electron chi connectivity index (χ2n) is 4.93. The molecule has 0 bridgehead atoms. The summed E-state index contributed by atoms with van der Waals surface area (Å²) in [5, 5.41) is 0. The van der Waals surface area contributed by atoms with Gasteiger partial charge < -0.3 is 10.6 Å². The van der Waals surface area contributed by atoms with Crippen LogP contribution < -0.4 is 10.6 Å². The smallest absolute Gasteiger partial charge is 0.0445 e. The molecule has 0 saturated carbocycles. The predicted octanol–water partition coefficient (Wildman–Crippen LogP) is 2.53. The van der Waals surface area contributed by atoms with E-state index in [1.807, 2.05) is 18.5 Å². The fourth-order valence-electron chi connectivity index (χ4n) is 2.55. The van der Waals surface area contributed by atoms with Crippen LogP contribution in [0.4, 0.5) is 11.4 Å². The Morgan fingerprint density at radius 3 is 3.00 bits per heavy atom. The maximum Gasteiger partial charge on any atom is 0.0445 e. The van der Waals surface area contributed by atoms with E-state index >= 15 is 0 Å². The van der Waals surface area contributed by atoms with Crippen LogP contribution in [0.15, 0.2) is 36.7 Å². The van der Waals surface area contributed by atoms with Crippen molar-refractivity contribution in [3.63, 3.8) is 0 Å². The average molecular weight is 239 g/mol. The van der Waals surface area contributed by atoms with Gasteiger partial charge in [0.15, 0.2) is 0 Å². The number of benzene rings is 1. The number of rotatable bonds is 2. The summed E-state index contributed by atoms with van der Waals surface area (Å²) >= 11 is 0. The summed E-state index contributed by atoms with van der Waals surface area (Å²) in [6.45, 7) is 4.05. The first kappa shape index (κ1) is 11.1. The minimum absolute atomic E-state index is 0.836. The van der Waals surface area contributed by atoms with Crippen LogP contribution in [0.1, 0.15) is 16.7 Å². The highest BCUT2D eigenvalue weighted by Crippen LogP contribution is 2.30. The lowest BCUT2D eigenvalue weighted by molar-refractivity contribution is 0.831. The molecule has 3 heteroatoms. The fourth-order valence-corrected chi connectivity index (χ4v) is 2.55. The molecule has 0 amide bonds. The number of fused-ring (bicyclic) bond motifs is 1. The molecule has 0 aliphatic carbocycles. The zero-order valence-electron chi connectivity index (χ0n) is 10.6. The van der Waals surface area contributed by atoms with Crippen LogP contribution in [0.2, 0.25) is 0 Å². The van der Waals surface area contributed by atoms with Gasteiger partial charge in [0.05, 0.1) is 0 Å². The van der Waals surface area contributed by atoms with Gasteiger partial charge in [-0.1, -0.05) is 12.1 Å². The highest BCUT2D eigenvalue weighted by atomic mass is 15.1. The van der Waals surface area contributed by atoms with Gasteiger partial charge in [0, 0.05) is 36.9 Å². The first-order chi connectivity index (χ1) is 8.72. The van der Waals surface area contributed by atoms with Crippen molar-refractivity contribution in [2.75, 3.05) is 17.2 Å². The third kappa shape index (κ3) is 2.04. The number of anilines is 2. The summed E-state index contributed by atoms with van der Waals surface area (Å²) < 4.78 is 0. The standard InChI is InChI=1S/C15H17N3/c1-11-6-12(9-17-8-11)10-18-5-4-13-2-3-14(16)7-15(13)18/h2-3,6-9H,4-5,10,16H2,1H3. The monoisotopic (exact) mass is 239 g/mol. The topological polar surface area (TPSA) is 42.2 Å². The molecule has 0 spiro atoms. The van der Waals surface area contributed by atoms with Gasteiger partial charge in [0.2, 0.25) is 0 Å². The molecular weight excluding hydrogens is 222 g/mol. The van der Waals surface area contributed by atoms with E-state index in [1.54, 1.807) is 0 Å². The highest BCUT2D eigenvalue weighted by molar-refractivity contribution is 5.64. The molecule has 3 rings (SSSR count). The number of pyridine rings is 1. The second-order valence-corrected chi connectivity index (χ2v) is 4.93. The SMILES string of the molecule is Cc1cncc(CN2CCc3ccc(N)cc32)c1. The predicted molar refractivity (Wildman–Crippen MR) is 74.6 cm³/mol. The van der Waals surface area contributed by atoms with E-state index in [2.05, 4.69) is 35.0 Å². The molecule has 0 unspecified atom stereocenters. The molecule has 0 atom stereocenters. The molecule has 2 N–H and O–H groups in total. The normalized spacial score (nSPS) is 13.7. The highest BCUT2D eigenvalue weighted by Gasteiger charge is 2.19. The van der Waals surface area contributed by atoms with E-state index in [4.69, 9.17) is 5.73 Å². The van der Waals surface area contributed by atoms with Gasteiger partial charge in [0.1, 0.15) is 0 Å². The van der Waals surface area contributed by atoms with Gasteiger partial charge in [-0.25, -0.2) is 0 Å². The summed E-state index contributed by atoms with van der Waals surface area (Å²) in [4.78, 5) is 6.63. The van der Waals surface area contributed by atoms with Gasteiger partial charge in [-0.2, -0.15) is 0 Å². The summed E-state index contributed by atoms with van der Waals surface area (Å²) in [7, 11) is 0. The van der Waals surface area contributed by atoms with Gasteiger partial charge in [0.25, 0.3) is 0 Å². The lowest BCUT2D eigenvalue weighted by atomic mass is 10.1. The zero-order chi connectivity index (χ0) is 12.5. The molecule has 92 valence electrons. The Morgan fingerprint density at radius 2 is 2.17 bits per heavy atom. The molecule has 18 heavy (non-hydrogen) atoms. The summed E-state index contributed by atoms with van der Waals surface area (Å²) in [6.07, 6.45) is 4.94. The van der Waals surface area contributed by atoms with Gasteiger partial charge >= 0.3 is 0 Å². The number of hydrogen-bond acceptors (Lipinski definition) is 3. The molecule has 3 nitrogen and oxygen atoms in total. The van der Waals surface area contributed by atoms with Gasteiger partial charge in [-0.05, 0) is 42.2 Å². The first-order valence-corrected chi connectivity index (χ1v) is 6.26. The third-order valence-corrected chi connectivity index (χ3v) is 3.41. The Bertz CT molecular complexity index is 578. The van der Waals surface area contributed by atoms with Crippen molar-refractivity contribution in [3.05, 3.63) is 53.3 Å². The number of aryl methyl sites for hydroxylation is 1. The van der Waals surface area contributed by atoms with Crippen LogP contribution in [0, 0.1) is 6.92 Å². The largest absolute Gasteiger partial charge is 0.399 e. The molecule has 1 aliphatic heterocycles. The fraction of sp³-hybridized carbons (Fsp3) is 0.267. The Hall–Kier alpha value is -2.03. The van der Waals surface area contributed by atoms with Crippen molar-refractivity contribution in [1.29, 1.82) is 0 Å². The maximum atomic E-state index is 5.87. The average Bonchev–Trinajstić information content (AvgIpc) is 2.72. The number of nitrogens with zero attached hydrogens (tertiary/aromatic N) is 2. The molecule has 1 aliphatic rings. The summed E-state index contributed by atoms with van der Waals surface area (Å²) in [6, 6.07) is 8.39. The van der Waals surface area contributed by atoms with Crippen molar-refractivity contribution in [2.45, 2.75) is 19.9 Å². The van der Waals surface area contributed by atoms with E-state index in [0.717, 1.165) is 25.2 Å². The van der Waals surface area contributed by atoms with E-state index in [1.165, 1.54) is 22.4 Å². The summed E-state index contributed by atoms with van der Waals surface area (Å²) in [5.41, 5.74) is 11.8. The number of nitrogens with two attached hydrogens (primary N) is 1. The quantitative estimate of drug-likeness (QED) is 0.819. The second kappa shape index (κ2) is 4.33. The molecule has 1 aromatic carbocycles. The first-order valence-electron chi connectivity index (χ1n) is 6.26. The van der Waals surface area contributed by atoms with Crippen molar-refractivity contribution in [3.8, 4) is 0 Å². The van der Waals surface area contributed by atoms with Crippen LogP contribution in [0.25, 0.3) is 0 Å². The molecule has 2 aromatic rings. The maximum absolute atomic E-state index is 5.87. The van der Waals surface area contributed by atoms with E-state index in [9.17, 15) is 0 Å². The van der Waals surface area contributed by atoms with E-state index in [0.29, 0.717) is 0 Å². The summed E-state index contributed by atoms with van der Waals surface area (Å²) in [5.74, 6) is 0. The zero-order valence-corrected chi connectivity index (χ0v) is 10.6. The van der Waals surface area contributed by atoms with Crippen molar-refractivity contribution < 1.29 is 0 Å². The van der Waals surface area contributed by atoms with Crippen molar-refractivity contribution >= 4 is 11.4 Å². The van der Waals surface area contributed by atoms with Crippen LogP contribution in [-0.4, -0.2) is 11.5 Å². The van der Waals surface area contributed by atoms with Crippen molar-refractivity contribution in [1.82, 2.24) is 4.98 Å². The third-order valence-electron chi connectivity index (χ3n) is 3.41. The van der Waals surface area contributed by atoms with E-state index < -0.39 is 0 Å². The van der Waals surface area contributed by atoms with Crippen LogP contribution in [0.5, 0.6) is 0 Å². The van der Waals surface area contributed by atoms with E-state index in [-0.39, 0.29) is 0 Å². The van der Waals surface area contributed by atoms with Crippen LogP contribution in [0.3, 0.4) is 0 Å². The van der Waals surface area contributed by atoms with Gasteiger partial charge in [-0.3, -0.25) is 4.98 Å². The lowest BCUT2D eigenvalue weighted by Gasteiger charge is -2.19.